The van der Waals surface area contributed by atoms with Crippen LogP contribution in [0.4, 0.5) is 10.6 Å². The van der Waals surface area contributed by atoms with E-state index in [-0.39, 0.29) is 17.8 Å². The summed E-state index contributed by atoms with van der Waals surface area (Å²) < 4.78 is 1.67. The standard InChI is InChI=1S/C26H32N8O2S/c1-5-27-26(36)32-23-14-18(25(35)28-15-17(4)33(6-2)7-3)13-21(30-23)19-16-29-34-11-10-20(31-24(19)34)22-9-8-12-37-22/h8-14,16-17H,5-7,15H2,1-4H3,(H,28,35)(H2,27,30,32,36). The first-order valence-corrected chi connectivity index (χ1v) is 13.3. The molecule has 1 atom stereocenters. The average molecular weight is 521 g/mol. The molecule has 10 nitrogen and oxygen atoms in total. The average Bonchev–Trinajstić information content (AvgIpc) is 3.58. The van der Waals surface area contributed by atoms with Gasteiger partial charge in [0.2, 0.25) is 0 Å². The first-order valence-electron chi connectivity index (χ1n) is 12.4. The van der Waals surface area contributed by atoms with E-state index in [1.165, 1.54) is 0 Å². The summed E-state index contributed by atoms with van der Waals surface area (Å²) in [5.41, 5.74) is 2.96. The highest BCUT2D eigenvalue weighted by atomic mass is 32.1. The second-order valence-corrected chi connectivity index (χ2v) is 9.46. The van der Waals surface area contributed by atoms with Gasteiger partial charge in [0.1, 0.15) is 5.82 Å². The highest BCUT2D eigenvalue weighted by molar-refractivity contribution is 7.13. The first kappa shape index (κ1) is 26.2. The number of hydrogen-bond acceptors (Lipinski definition) is 7. The van der Waals surface area contributed by atoms with Crippen molar-refractivity contribution in [2.75, 3.05) is 31.5 Å². The summed E-state index contributed by atoms with van der Waals surface area (Å²) in [5, 5.41) is 14.9. The Kier molecular flexibility index (Phi) is 8.47. The molecule has 0 fully saturated rings. The van der Waals surface area contributed by atoms with Gasteiger partial charge in [0.15, 0.2) is 5.65 Å². The number of thiophene rings is 1. The molecule has 0 aliphatic heterocycles. The summed E-state index contributed by atoms with van der Waals surface area (Å²) in [6.45, 7) is 10.9. The number of fused-ring (bicyclic) bond motifs is 1. The molecule has 3 amide bonds. The van der Waals surface area contributed by atoms with Crippen molar-refractivity contribution >= 4 is 34.7 Å². The Balaban J connectivity index is 1.69. The lowest BCUT2D eigenvalue weighted by Crippen LogP contribution is -2.42. The van der Waals surface area contributed by atoms with Gasteiger partial charge in [-0.25, -0.2) is 19.3 Å². The quantitative estimate of drug-likeness (QED) is 0.290. The fourth-order valence-corrected chi connectivity index (χ4v) is 4.81. The molecule has 1 unspecified atom stereocenters. The second-order valence-electron chi connectivity index (χ2n) is 8.51. The van der Waals surface area contributed by atoms with Crippen LogP contribution in [0.1, 0.15) is 38.1 Å². The Morgan fingerprint density at radius 3 is 2.59 bits per heavy atom. The number of hydrogen-bond donors (Lipinski definition) is 3. The molecule has 3 N–H and O–H groups in total. The zero-order valence-electron chi connectivity index (χ0n) is 21.5. The van der Waals surface area contributed by atoms with Gasteiger partial charge < -0.3 is 10.6 Å². The van der Waals surface area contributed by atoms with Crippen molar-refractivity contribution in [3.8, 4) is 21.8 Å². The number of likely N-dealkylation sites (N-methyl/N-ethyl adjacent to an activating group) is 1. The van der Waals surface area contributed by atoms with Gasteiger partial charge in [0, 0.05) is 30.9 Å². The van der Waals surface area contributed by atoms with Crippen LogP contribution < -0.4 is 16.0 Å². The van der Waals surface area contributed by atoms with Crippen molar-refractivity contribution in [3.63, 3.8) is 0 Å². The molecule has 4 heterocycles. The zero-order valence-corrected chi connectivity index (χ0v) is 22.3. The smallest absolute Gasteiger partial charge is 0.320 e. The summed E-state index contributed by atoms with van der Waals surface area (Å²) in [4.78, 5) is 38.2. The van der Waals surface area contributed by atoms with E-state index in [2.05, 4.69) is 51.7 Å². The monoisotopic (exact) mass is 520 g/mol. The predicted molar refractivity (Wildman–Crippen MR) is 147 cm³/mol. The molecule has 37 heavy (non-hydrogen) atoms. The molecule has 4 aromatic rings. The Morgan fingerprint density at radius 2 is 1.89 bits per heavy atom. The van der Waals surface area contributed by atoms with Crippen LogP contribution in [0.2, 0.25) is 0 Å². The van der Waals surface area contributed by atoms with Crippen LogP contribution in [0.15, 0.2) is 48.1 Å². The van der Waals surface area contributed by atoms with Crippen molar-refractivity contribution in [1.82, 2.24) is 35.1 Å². The number of pyridine rings is 1. The fourth-order valence-electron chi connectivity index (χ4n) is 4.11. The number of anilines is 1. The minimum atomic E-state index is -0.397. The maximum atomic E-state index is 13.2. The van der Waals surface area contributed by atoms with Crippen LogP contribution in [0.25, 0.3) is 27.5 Å². The third-order valence-electron chi connectivity index (χ3n) is 6.08. The van der Waals surface area contributed by atoms with Crippen LogP contribution in [-0.2, 0) is 0 Å². The molecular weight excluding hydrogens is 488 g/mol. The molecule has 11 heteroatoms. The molecule has 0 aliphatic rings. The van der Waals surface area contributed by atoms with Gasteiger partial charge in [0.25, 0.3) is 5.91 Å². The third-order valence-corrected chi connectivity index (χ3v) is 6.97. The van der Waals surface area contributed by atoms with Gasteiger partial charge in [0.05, 0.1) is 28.0 Å². The topological polar surface area (TPSA) is 117 Å². The highest BCUT2D eigenvalue weighted by Gasteiger charge is 2.18. The van der Waals surface area contributed by atoms with Gasteiger partial charge in [-0.2, -0.15) is 5.10 Å². The normalized spacial score (nSPS) is 12.0. The molecule has 4 aromatic heterocycles. The molecule has 194 valence electrons. The maximum Gasteiger partial charge on any atom is 0.320 e. The zero-order chi connectivity index (χ0) is 26.4. The van der Waals surface area contributed by atoms with Gasteiger partial charge in [-0.1, -0.05) is 19.9 Å². The Morgan fingerprint density at radius 1 is 1.08 bits per heavy atom. The van der Waals surface area contributed by atoms with Gasteiger partial charge in [-0.3, -0.25) is 15.0 Å². The lowest BCUT2D eigenvalue weighted by Gasteiger charge is -2.26. The molecule has 0 spiro atoms. The van der Waals surface area contributed by atoms with E-state index >= 15 is 0 Å². The van der Waals surface area contributed by atoms with E-state index in [1.54, 1.807) is 34.2 Å². The van der Waals surface area contributed by atoms with Crippen LogP contribution in [0.5, 0.6) is 0 Å². The molecule has 0 aromatic carbocycles. The molecular formula is C26H32N8O2S. The minimum Gasteiger partial charge on any atom is -0.350 e. The molecule has 4 rings (SSSR count). The number of aromatic nitrogens is 4. The predicted octanol–water partition coefficient (Wildman–Crippen LogP) is 4.12. The number of nitrogens with zero attached hydrogens (tertiary/aromatic N) is 5. The number of amides is 3. The van der Waals surface area contributed by atoms with E-state index in [0.29, 0.717) is 35.6 Å². The maximum absolute atomic E-state index is 13.2. The number of carbonyl (C=O) groups is 2. The van der Waals surface area contributed by atoms with Crippen molar-refractivity contribution in [2.45, 2.75) is 33.7 Å². The Hall–Kier alpha value is -3.83. The molecule has 0 saturated carbocycles. The van der Waals surface area contributed by atoms with E-state index in [1.807, 2.05) is 36.7 Å². The summed E-state index contributed by atoms with van der Waals surface area (Å²) in [7, 11) is 0. The fraction of sp³-hybridized carbons (Fsp3) is 0.346. The van der Waals surface area contributed by atoms with Gasteiger partial charge in [-0.05, 0) is 56.6 Å². The second kappa shape index (κ2) is 11.9. The lowest BCUT2D eigenvalue weighted by atomic mass is 10.1. The van der Waals surface area contributed by atoms with E-state index < -0.39 is 6.03 Å². The molecule has 0 aliphatic carbocycles. The van der Waals surface area contributed by atoms with Crippen molar-refractivity contribution in [1.29, 1.82) is 0 Å². The van der Waals surface area contributed by atoms with Crippen LogP contribution in [-0.4, -0.2) is 68.6 Å². The summed E-state index contributed by atoms with van der Waals surface area (Å²) in [6.07, 6.45) is 3.52. The number of urea groups is 1. The SMILES string of the molecule is CCNC(=O)Nc1cc(C(=O)NCC(C)N(CC)CC)cc(-c2cnn3ccc(-c4cccs4)nc23)n1. The number of nitrogens with one attached hydrogen (secondary N) is 3. The van der Waals surface area contributed by atoms with Gasteiger partial charge >= 0.3 is 6.03 Å². The van der Waals surface area contributed by atoms with Crippen molar-refractivity contribution in [3.05, 3.63) is 53.7 Å². The number of rotatable bonds is 10. The molecule has 0 bridgehead atoms. The lowest BCUT2D eigenvalue weighted by molar-refractivity contribution is 0.0938. The van der Waals surface area contributed by atoms with E-state index in [9.17, 15) is 9.59 Å². The summed E-state index contributed by atoms with van der Waals surface area (Å²) in [5.74, 6) is 0.0180. The first-order chi connectivity index (χ1) is 17.9. The van der Waals surface area contributed by atoms with Gasteiger partial charge in [-0.15, -0.1) is 11.3 Å². The van der Waals surface area contributed by atoms with Crippen molar-refractivity contribution < 1.29 is 9.59 Å². The van der Waals surface area contributed by atoms with E-state index in [0.717, 1.165) is 23.7 Å². The summed E-state index contributed by atoms with van der Waals surface area (Å²) >= 11 is 1.60. The number of carbonyl (C=O) groups excluding carboxylic acids is 2. The third kappa shape index (κ3) is 6.12. The van der Waals surface area contributed by atoms with E-state index in [4.69, 9.17) is 4.98 Å². The largest absolute Gasteiger partial charge is 0.350 e. The van der Waals surface area contributed by atoms with Crippen LogP contribution in [0, 0.1) is 0 Å². The highest BCUT2D eigenvalue weighted by Crippen LogP contribution is 2.28. The Labute approximate surface area is 220 Å². The minimum absolute atomic E-state index is 0.188. The van der Waals surface area contributed by atoms with Crippen molar-refractivity contribution in [2.24, 2.45) is 0 Å². The molecule has 0 saturated heterocycles. The van der Waals surface area contributed by atoms with Crippen LogP contribution in [0.3, 0.4) is 0 Å². The summed E-state index contributed by atoms with van der Waals surface area (Å²) in [6, 6.07) is 8.97. The Bertz CT molecular complexity index is 1360. The molecule has 0 radical (unpaired) electrons. The van der Waals surface area contributed by atoms with Crippen LogP contribution >= 0.6 is 11.3 Å².